The van der Waals surface area contributed by atoms with Gasteiger partial charge in [0.1, 0.15) is 5.82 Å². The van der Waals surface area contributed by atoms with E-state index in [2.05, 4.69) is 123 Å². The zero-order chi connectivity index (χ0) is 26.6. The van der Waals surface area contributed by atoms with Crippen molar-refractivity contribution in [2.75, 3.05) is 0 Å². The first-order chi connectivity index (χ1) is 15.7. The summed E-state index contributed by atoms with van der Waals surface area (Å²) in [4.78, 5) is 14.2. The monoisotopic (exact) mass is 493 g/mol. The summed E-state index contributed by atoms with van der Waals surface area (Å²) in [7, 11) is 0. The third kappa shape index (κ3) is 6.61. The number of halogens is 1. The summed E-state index contributed by atoms with van der Waals surface area (Å²) in [5.74, 6) is 1.46. The summed E-state index contributed by atoms with van der Waals surface area (Å²) in [5.41, 5.74) is 6.40. The standard InChI is InChI=1S/C31H44ClN3/c1-28(2,3)21-13-19(14-22(17-21)29(4,5)6)25-33-26(35-27(32)34-25)20-15-23(30(7,8)9)18-24(16-20)31(10,11)12/h13-15,17-18,20H,16H2,1-12H3. The molecule has 4 heteroatoms. The predicted molar refractivity (Wildman–Crippen MR) is 150 cm³/mol. The van der Waals surface area contributed by atoms with Gasteiger partial charge in [-0.2, -0.15) is 4.98 Å². The van der Waals surface area contributed by atoms with Crippen LogP contribution in [0.4, 0.5) is 0 Å². The molecule has 1 aliphatic carbocycles. The Balaban J connectivity index is 2.17. The molecule has 0 saturated carbocycles. The Morgan fingerprint density at radius 1 is 0.686 bits per heavy atom. The lowest BCUT2D eigenvalue weighted by molar-refractivity contribution is 0.451. The van der Waals surface area contributed by atoms with Crippen LogP contribution in [0.3, 0.4) is 0 Å². The lowest BCUT2D eigenvalue weighted by Gasteiger charge is -2.33. The van der Waals surface area contributed by atoms with Crippen LogP contribution in [-0.4, -0.2) is 15.0 Å². The Kier molecular flexibility index (Phi) is 7.20. The van der Waals surface area contributed by atoms with Gasteiger partial charge in [-0.1, -0.05) is 107 Å². The van der Waals surface area contributed by atoms with Crippen LogP contribution in [0.2, 0.25) is 5.28 Å². The zero-order valence-corrected chi connectivity index (χ0v) is 24.6. The average molecular weight is 494 g/mol. The third-order valence-corrected chi connectivity index (χ3v) is 7.03. The topological polar surface area (TPSA) is 38.7 Å². The van der Waals surface area contributed by atoms with Gasteiger partial charge in [-0.3, -0.25) is 0 Å². The van der Waals surface area contributed by atoms with Crippen molar-refractivity contribution in [3.05, 3.63) is 63.7 Å². The molecule has 1 aromatic carbocycles. The number of allylic oxidation sites excluding steroid dienone is 4. The van der Waals surface area contributed by atoms with Crippen LogP contribution in [0.25, 0.3) is 11.4 Å². The Hall–Kier alpha value is -2.00. The normalized spacial score (nSPS) is 17.8. The van der Waals surface area contributed by atoms with Gasteiger partial charge < -0.3 is 0 Å². The minimum atomic E-state index is 0.00971. The van der Waals surface area contributed by atoms with E-state index in [-0.39, 0.29) is 32.9 Å². The number of hydrogen-bond donors (Lipinski definition) is 0. The molecule has 1 aliphatic rings. The third-order valence-electron chi connectivity index (χ3n) is 6.86. The average Bonchev–Trinajstić information content (AvgIpc) is 2.70. The molecule has 0 saturated heterocycles. The lowest BCUT2D eigenvalue weighted by Crippen LogP contribution is -2.21. The summed E-state index contributed by atoms with van der Waals surface area (Å²) in [6, 6.07) is 6.73. The zero-order valence-electron chi connectivity index (χ0n) is 23.9. The van der Waals surface area contributed by atoms with Crippen LogP contribution in [0.1, 0.15) is 112 Å². The first-order valence-electron chi connectivity index (χ1n) is 12.8. The molecule has 0 aliphatic heterocycles. The van der Waals surface area contributed by atoms with Crippen LogP contribution in [0.5, 0.6) is 0 Å². The molecular weight excluding hydrogens is 450 g/mol. The van der Waals surface area contributed by atoms with Gasteiger partial charge in [0.25, 0.3) is 0 Å². The van der Waals surface area contributed by atoms with E-state index in [4.69, 9.17) is 16.6 Å². The quantitative estimate of drug-likeness (QED) is 0.418. The fourth-order valence-electron chi connectivity index (χ4n) is 4.25. The van der Waals surface area contributed by atoms with E-state index < -0.39 is 0 Å². The van der Waals surface area contributed by atoms with Gasteiger partial charge in [0.05, 0.1) is 0 Å². The van der Waals surface area contributed by atoms with Crippen LogP contribution in [0.15, 0.2) is 41.5 Å². The van der Waals surface area contributed by atoms with Crippen LogP contribution < -0.4 is 0 Å². The van der Waals surface area contributed by atoms with Gasteiger partial charge in [0.2, 0.25) is 5.28 Å². The van der Waals surface area contributed by atoms with Crippen molar-refractivity contribution in [3.8, 4) is 11.4 Å². The summed E-state index contributed by atoms with van der Waals surface area (Å²) in [6.07, 6.45) is 5.59. The highest BCUT2D eigenvalue weighted by Gasteiger charge is 2.30. The summed E-state index contributed by atoms with van der Waals surface area (Å²) in [6.45, 7) is 27.1. The molecule has 3 rings (SSSR count). The Labute approximate surface area is 218 Å². The number of aromatic nitrogens is 3. The fourth-order valence-corrected chi connectivity index (χ4v) is 4.41. The minimum Gasteiger partial charge on any atom is -0.212 e. The van der Waals surface area contributed by atoms with E-state index in [0.29, 0.717) is 5.82 Å². The molecule has 1 atom stereocenters. The molecule has 0 fully saturated rings. The molecule has 0 N–H and O–H groups in total. The molecule has 0 spiro atoms. The van der Waals surface area contributed by atoms with Gasteiger partial charge in [-0.05, 0) is 68.5 Å². The molecule has 35 heavy (non-hydrogen) atoms. The van der Waals surface area contributed by atoms with E-state index in [1.54, 1.807) is 0 Å². The van der Waals surface area contributed by atoms with E-state index in [1.165, 1.54) is 22.3 Å². The van der Waals surface area contributed by atoms with Gasteiger partial charge >= 0.3 is 0 Å². The Bertz CT molecular complexity index is 1130. The maximum atomic E-state index is 6.53. The Morgan fingerprint density at radius 3 is 1.69 bits per heavy atom. The molecule has 1 unspecified atom stereocenters. The van der Waals surface area contributed by atoms with Crippen molar-refractivity contribution in [1.29, 1.82) is 0 Å². The largest absolute Gasteiger partial charge is 0.226 e. The van der Waals surface area contributed by atoms with Crippen molar-refractivity contribution in [1.82, 2.24) is 15.0 Å². The Morgan fingerprint density at radius 2 is 1.23 bits per heavy atom. The molecule has 0 radical (unpaired) electrons. The maximum absolute atomic E-state index is 6.53. The second-order valence-corrected chi connectivity index (χ2v) is 14.5. The van der Waals surface area contributed by atoms with Crippen molar-refractivity contribution < 1.29 is 0 Å². The highest BCUT2D eigenvalue weighted by molar-refractivity contribution is 6.28. The molecule has 1 aromatic heterocycles. The second-order valence-electron chi connectivity index (χ2n) is 14.2. The van der Waals surface area contributed by atoms with Crippen molar-refractivity contribution in [2.24, 2.45) is 10.8 Å². The number of hydrogen-bond acceptors (Lipinski definition) is 3. The first kappa shape index (κ1) is 27.6. The summed E-state index contributed by atoms with van der Waals surface area (Å²) >= 11 is 6.53. The molecule has 1 heterocycles. The van der Waals surface area contributed by atoms with Crippen molar-refractivity contribution >= 4 is 11.6 Å². The van der Waals surface area contributed by atoms with Gasteiger partial charge in [0, 0.05) is 11.5 Å². The van der Waals surface area contributed by atoms with Crippen molar-refractivity contribution in [3.63, 3.8) is 0 Å². The van der Waals surface area contributed by atoms with E-state index in [9.17, 15) is 0 Å². The van der Waals surface area contributed by atoms with E-state index >= 15 is 0 Å². The van der Waals surface area contributed by atoms with Gasteiger partial charge in [-0.15, -0.1) is 0 Å². The fraction of sp³-hybridized carbons (Fsp3) is 0.581. The molecule has 3 nitrogen and oxygen atoms in total. The van der Waals surface area contributed by atoms with Crippen LogP contribution in [0, 0.1) is 10.8 Å². The molecular formula is C31H44ClN3. The second kappa shape index (κ2) is 9.14. The molecule has 0 amide bonds. The molecule has 190 valence electrons. The van der Waals surface area contributed by atoms with E-state index in [0.717, 1.165) is 17.8 Å². The summed E-state index contributed by atoms with van der Waals surface area (Å²) in [5, 5.41) is 0.251. The smallest absolute Gasteiger partial charge is 0.212 e. The molecule has 2 aromatic rings. The minimum absolute atomic E-state index is 0.00971. The van der Waals surface area contributed by atoms with Gasteiger partial charge in [-0.25, -0.2) is 9.97 Å². The number of benzene rings is 1. The number of nitrogens with zero attached hydrogens (tertiary/aromatic N) is 3. The van der Waals surface area contributed by atoms with E-state index in [1.807, 2.05) is 0 Å². The highest BCUT2D eigenvalue weighted by Crippen LogP contribution is 2.43. The highest BCUT2D eigenvalue weighted by atomic mass is 35.5. The summed E-state index contributed by atoms with van der Waals surface area (Å²) < 4.78 is 0. The maximum Gasteiger partial charge on any atom is 0.226 e. The van der Waals surface area contributed by atoms with Crippen LogP contribution in [-0.2, 0) is 10.8 Å². The van der Waals surface area contributed by atoms with Gasteiger partial charge in [0.15, 0.2) is 5.82 Å². The predicted octanol–water partition coefficient (Wildman–Crippen LogP) is 9.22. The lowest BCUT2D eigenvalue weighted by atomic mass is 9.72. The molecule has 0 bridgehead atoms. The van der Waals surface area contributed by atoms with Crippen LogP contribution >= 0.6 is 11.6 Å². The van der Waals surface area contributed by atoms with Crippen molar-refractivity contribution in [2.45, 2.75) is 106 Å². The number of rotatable bonds is 2. The first-order valence-corrected chi connectivity index (χ1v) is 13.1. The SMILES string of the molecule is CC(C)(C)C1=CC(c2nc(Cl)nc(-c3cc(C(C)(C)C)cc(C(C)(C)C)c3)n2)CC(C(C)(C)C)=C1.